The molecule has 2 atom stereocenters. The van der Waals surface area contributed by atoms with Gasteiger partial charge in [0.2, 0.25) is 5.91 Å². The molecule has 0 radical (unpaired) electrons. The molecule has 0 spiro atoms. The fourth-order valence-corrected chi connectivity index (χ4v) is 1.89. The highest BCUT2D eigenvalue weighted by molar-refractivity contribution is 5.80. The molecule has 18 heavy (non-hydrogen) atoms. The number of amides is 1. The van der Waals surface area contributed by atoms with Crippen molar-refractivity contribution in [2.75, 3.05) is 26.3 Å². The van der Waals surface area contributed by atoms with Gasteiger partial charge in [0.15, 0.2) is 0 Å². The average Bonchev–Trinajstić information content (AvgIpc) is 2.68. The number of hydrogen-bond acceptors (Lipinski definition) is 3. The van der Waals surface area contributed by atoms with Crippen LogP contribution in [0.4, 0.5) is 13.2 Å². The van der Waals surface area contributed by atoms with Crippen molar-refractivity contribution in [1.82, 2.24) is 4.90 Å². The molecule has 1 aliphatic rings. The molecule has 2 unspecified atom stereocenters. The van der Waals surface area contributed by atoms with E-state index < -0.39 is 30.6 Å². The Morgan fingerprint density at radius 1 is 1.44 bits per heavy atom. The number of hydrogen-bond donors (Lipinski definition) is 1. The maximum Gasteiger partial charge on any atom is 0.406 e. The molecule has 0 aromatic heterocycles. The standard InChI is InChI=1S/C11H19F3N2O2/c1-2-3-4-16(7-11(12,13)14)10(17)8-5-18-6-9(8)15/h8-9H,2-7,15H2,1H3. The summed E-state index contributed by atoms with van der Waals surface area (Å²) in [5, 5.41) is 0. The fourth-order valence-electron chi connectivity index (χ4n) is 1.89. The summed E-state index contributed by atoms with van der Waals surface area (Å²) in [6.45, 7) is 1.10. The van der Waals surface area contributed by atoms with E-state index in [2.05, 4.69) is 0 Å². The smallest absolute Gasteiger partial charge is 0.379 e. The van der Waals surface area contributed by atoms with Crippen LogP contribution in [-0.4, -0.2) is 49.3 Å². The molecule has 106 valence electrons. The van der Waals surface area contributed by atoms with Gasteiger partial charge in [0.1, 0.15) is 6.54 Å². The van der Waals surface area contributed by atoms with Gasteiger partial charge in [-0.05, 0) is 6.42 Å². The van der Waals surface area contributed by atoms with Gasteiger partial charge in [0.05, 0.1) is 19.1 Å². The quantitative estimate of drug-likeness (QED) is 0.813. The second-order valence-electron chi connectivity index (χ2n) is 4.54. The van der Waals surface area contributed by atoms with Crippen molar-refractivity contribution < 1.29 is 22.7 Å². The van der Waals surface area contributed by atoms with Crippen LogP contribution < -0.4 is 5.73 Å². The lowest BCUT2D eigenvalue weighted by molar-refractivity contribution is -0.164. The second-order valence-corrected chi connectivity index (χ2v) is 4.54. The van der Waals surface area contributed by atoms with E-state index in [0.29, 0.717) is 6.42 Å². The minimum absolute atomic E-state index is 0.109. The van der Waals surface area contributed by atoms with E-state index in [0.717, 1.165) is 11.3 Å². The molecule has 2 N–H and O–H groups in total. The number of unbranched alkanes of at least 4 members (excludes halogenated alkanes) is 1. The van der Waals surface area contributed by atoms with Gasteiger partial charge in [0, 0.05) is 12.6 Å². The molecule has 0 aliphatic carbocycles. The van der Waals surface area contributed by atoms with E-state index in [9.17, 15) is 18.0 Å². The largest absolute Gasteiger partial charge is 0.406 e. The zero-order valence-corrected chi connectivity index (χ0v) is 10.4. The van der Waals surface area contributed by atoms with Gasteiger partial charge < -0.3 is 15.4 Å². The van der Waals surface area contributed by atoms with Crippen LogP contribution in [0, 0.1) is 5.92 Å². The first kappa shape index (κ1) is 15.2. The summed E-state index contributed by atoms with van der Waals surface area (Å²) >= 11 is 0. The van der Waals surface area contributed by atoms with E-state index in [1.165, 1.54) is 0 Å². The van der Waals surface area contributed by atoms with Gasteiger partial charge in [-0.2, -0.15) is 13.2 Å². The Balaban J connectivity index is 2.65. The topological polar surface area (TPSA) is 55.6 Å². The third-order valence-corrected chi connectivity index (χ3v) is 2.91. The predicted octanol–water partition coefficient (Wildman–Crippen LogP) is 1.15. The molecule has 4 nitrogen and oxygen atoms in total. The Morgan fingerprint density at radius 3 is 2.56 bits per heavy atom. The van der Waals surface area contributed by atoms with Gasteiger partial charge in [-0.25, -0.2) is 0 Å². The van der Waals surface area contributed by atoms with Gasteiger partial charge in [-0.3, -0.25) is 4.79 Å². The van der Waals surface area contributed by atoms with Crippen molar-refractivity contribution >= 4 is 5.91 Å². The maximum absolute atomic E-state index is 12.4. The molecule has 0 saturated carbocycles. The first-order valence-electron chi connectivity index (χ1n) is 6.04. The number of nitrogens with two attached hydrogens (primary N) is 1. The molecule has 1 heterocycles. The first-order valence-corrected chi connectivity index (χ1v) is 6.04. The molecule has 7 heteroatoms. The molecule has 1 rings (SSSR count). The average molecular weight is 268 g/mol. The van der Waals surface area contributed by atoms with Crippen molar-refractivity contribution in [1.29, 1.82) is 0 Å². The van der Waals surface area contributed by atoms with Crippen LogP contribution in [0.2, 0.25) is 0 Å². The minimum Gasteiger partial charge on any atom is -0.379 e. The number of nitrogens with zero attached hydrogens (tertiary/aromatic N) is 1. The Morgan fingerprint density at radius 2 is 2.11 bits per heavy atom. The molecule has 0 aromatic carbocycles. The summed E-state index contributed by atoms with van der Waals surface area (Å²) in [6, 6.07) is -0.505. The summed E-state index contributed by atoms with van der Waals surface area (Å²) in [6.07, 6.45) is -3.10. The van der Waals surface area contributed by atoms with Gasteiger partial charge in [-0.1, -0.05) is 13.3 Å². The number of halogens is 3. The summed E-state index contributed by atoms with van der Waals surface area (Å²) in [4.78, 5) is 12.9. The summed E-state index contributed by atoms with van der Waals surface area (Å²) in [7, 11) is 0. The molecule has 0 aromatic rings. The van der Waals surface area contributed by atoms with Gasteiger partial charge in [0.25, 0.3) is 0 Å². The van der Waals surface area contributed by atoms with E-state index >= 15 is 0 Å². The van der Waals surface area contributed by atoms with Crippen molar-refractivity contribution in [3.05, 3.63) is 0 Å². The fraction of sp³-hybridized carbons (Fsp3) is 0.909. The van der Waals surface area contributed by atoms with E-state index in [1.54, 1.807) is 0 Å². The third-order valence-electron chi connectivity index (χ3n) is 2.91. The van der Waals surface area contributed by atoms with Crippen LogP contribution in [-0.2, 0) is 9.53 Å². The van der Waals surface area contributed by atoms with Gasteiger partial charge in [-0.15, -0.1) is 0 Å². The number of rotatable bonds is 5. The zero-order chi connectivity index (χ0) is 13.8. The normalized spacial score (nSPS) is 24.3. The summed E-state index contributed by atoms with van der Waals surface area (Å²) < 4.78 is 42.3. The minimum atomic E-state index is -4.38. The van der Waals surface area contributed by atoms with E-state index in [4.69, 9.17) is 10.5 Å². The van der Waals surface area contributed by atoms with Crippen LogP contribution in [0.3, 0.4) is 0 Å². The number of alkyl halides is 3. The molecule has 1 fully saturated rings. The van der Waals surface area contributed by atoms with Crippen molar-refractivity contribution in [2.45, 2.75) is 32.0 Å². The van der Waals surface area contributed by atoms with Crippen molar-refractivity contribution in [3.63, 3.8) is 0 Å². The Kier molecular flexibility index (Phi) is 5.40. The van der Waals surface area contributed by atoms with E-state index in [-0.39, 0.29) is 19.8 Å². The summed E-state index contributed by atoms with van der Waals surface area (Å²) in [5.74, 6) is -1.20. The third kappa shape index (κ3) is 4.45. The number of carbonyl (C=O) groups is 1. The molecule has 1 amide bonds. The van der Waals surface area contributed by atoms with Crippen LogP contribution in [0.5, 0.6) is 0 Å². The molecular formula is C11H19F3N2O2. The second kappa shape index (κ2) is 6.38. The van der Waals surface area contributed by atoms with Crippen molar-refractivity contribution in [2.24, 2.45) is 11.7 Å². The zero-order valence-electron chi connectivity index (χ0n) is 10.4. The van der Waals surface area contributed by atoms with Crippen LogP contribution in [0.15, 0.2) is 0 Å². The SMILES string of the molecule is CCCCN(CC(F)(F)F)C(=O)C1COCC1N. The highest BCUT2D eigenvalue weighted by Crippen LogP contribution is 2.21. The maximum atomic E-state index is 12.4. The van der Waals surface area contributed by atoms with Crippen LogP contribution in [0.1, 0.15) is 19.8 Å². The monoisotopic (exact) mass is 268 g/mol. The molecule has 1 aliphatic heterocycles. The van der Waals surface area contributed by atoms with Crippen molar-refractivity contribution in [3.8, 4) is 0 Å². The van der Waals surface area contributed by atoms with E-state index in [1.807, 2.05) is 6.92 Å². The Labute approximate surface area is 104 Å². The highest BCUT2D eigenvalue weighted by Gasteiger charge is 2.38. The molecule has 1 saturated heterocycles. The molecular weight excluding hydrogens is 249 g/mol. The summed E-state index contributed by atoms with van der Waals surface area (Å²) in [5.41, 5.74) is 5.66. The van der Waals surface area contributed by atoms with Crippen LogP contribution >= 0.6 is 0 Å². The Hall–Kier alpha value is -0.820. The highest BCUT2D eigenvalue weighted by atomic mass is 19.4. The van der Waals surface area contributed by atoms with Crippen LogP contribution in [0.25, 0.3) is 0 Å². The van der Waals surface area contributed by atoms with Gasteiger partial charge >= 0.3 is 6.18 Å². The lowest BCUT2D eigenvalue weighted by Gasteiger charge is -2.27. The Bertz CT molecular complexity index is 284. The number of ether oxygens (including phenoxy) is 1. The first-order chi connectivity index (χ1) is 8.35. The lowest BCUT2D eigenvalue weighted by Crippen LogP contribution is -2.47. The molecule has 0 bridgehead atoms. The number of carbonyl (C=O) groups excluding carboxylic acids is 1. The lowest BCUT2D eigenvalue weighted by atomic mass is 10.0. The predicted molar refractivity (Wildman–Crippen MR) is 59.8 cm³/mol.